The first-order valence-electron chi connectivity index (χ1n) is 20.2. The minimum atomic E-state index is -0.452. The zero-order valence-corrected chi connectivity index (χ0v) is 32.6. The Kier molecular flexibility index (Phi) is 11.5. The third-order valence-electron chi connectivity index (χ3n) is 12.0. The molecule has 0 unspecified atom stereocenters. The van der Waals surface area contributed by atoms with Gasteiger partial charge in [0.2, 0.25) is 11.8 Å². The summed E-state index contributed by atoms with van der Waals surface area (Å²) in [6.07, 6.45) is 6.65. The van der Waals surface area contributed by atoms with Crippen LogP contribution in [0.25, 0.3) is 0 Å². The fourth-order valence-corrected chi connectivity index (χ4v) is 9.33. The van der Waals surface area contributed by atoms with Gasteiger partial charge in [-0.3, -0.25) is 19.4 Å². The molecule has 0 N–H and O–H groups in total. The molecule has 2 atom stereocenters. The average molecular weight is 743 g/mol. The number of para-hydroxylation sites is 2. The first-order chi connectivity index (χ1) is 26.0. The van der Waals surface area contributed by atoms with E-state index in [2.05, 4.69) is 34.1 Å². The van der Waals surface area contributed by atoms with E-state index in [-0.39, 0.29) is 30.0 Å². The molecule has 6 heterocycles. The van der Waals surface area contributed by atoms with Crippen molar-refractivity contribution in [2.24, 2.45) is 0 Å². The number of hydrogen-bond donors (Lipinski definition) is 0. The number of anilines is 2. The van der Waals surface area contributed by atoms with E-state index >= 15 is 0 Å². The summed E-state index contributed by atoms with van der Waals surface area (Å²) in [5.74, 6) is 0.468. The number of carbonyl (C=O) groups is 4. The van der Waals surface area contributed by atoms with Gasteiger partial charge in [-0.05, 0) is 89.5 Å². The summed E-state index contributed by atoms with van der Waals surface area (Å²) in [6, 6.07) is 17.7. The molecule has 0 aromatic heterocycles. The van der Waals surface area contributed by atoms with Crippen molar-refractivity contribution in [1.82, 2.24) is 19.6 Å². The molecule has 4 saturated heterocycles. The smallest absolute Gasteiger partial charge is 0.410 e. The van der Waals surface area contributed by atoms with Crippen molar-refractivity contribution in [2.75, 3.05) is 68.8 Å². The Bertz CT molecular complexity index is 1680. The molecule has 8 rings (SSSR count). The third-order valence-corrected chi connectivity index (χ3v) is 12.0. The zero-order chi connectivity index (χ0) is 38.0. The maximum atomic E-state index is 12.6. The van der Waals surface area contributed by atoms with Gasteiger partial charge in [0, 0.05) is 87.9 Å². The van der Waals surface area contributed by atoms with E-state index in [1.54, 1.807) is 0 Å². The van der Waals surface area contributed by atoms with Gasteiger partial charge in [-0.15, -0.1) is 0 Å². The molecule has 0 aliphatic carbocycles. The van der Waals surface area contributed by atoms with Crippen molar-refractivity contribution in [3.8, 4) is 0 Å². The quantitative estimate of drug-likeness (QED) is 0.406. The number of likely N-dealkylation sites (tertiary alicyclic amines) is 4. The van der Waals surface area contributed by atoms with Crippen LogP contribution in [0.5, 0.6) is 0 Å². The second kappa shape index (κ2) is 16.3. The summed E-state index contributed by atoms with van der Waals surface area (Å²) in [4.78, 5) is 62.0. The lowest BCUT2D eigenvalue weighted by Gasteiger charge is -2.39. The molecule has 0 saturated carbocycles. The Balaban J connectivity index is 0.000000167. The number of benzene rings is 2. The van der Waals surface area contributed by atoms with Gasteiger partial charge in [-0.2, -0.15) is 0 Å². The molecule has 12 nitrogen and oxygen atoms in total. The Morgan fingerprint density at radius 1 is 0.611 bits per heavy atom. The van der Waals surface area contributed by atoms with E-state index in [1.165, 1.54) is 0 Å². The molecule has 12 heteroatoms. The molecular formula is C42H58N6O6. The van der Waals surface area contributed by atoms with Gasteiger partial charge in [-0.25, -0.2) is 9.59 Å². The fourth-order valence-electron chi connectivity index (χ4n) is 9.33. The van der Waals surface area contributed by atoms with Crippen LogP contribution in [0, 0.1) is 0 Å². The highest BCUT2D eigenvalue weighted by Crippen LogP contribution is 2.35. The standard InChI is InChI=1S/C22H31N3O3.C20H27N3O3/c1-22(2,3)28-21(27)24-13-10-18(15-24)23-11-8-17(9-12-23)25-19-7-5-4-6-16(19)14-20(25)26;1-2-26-20(25)22-12-9-17(14-22)21-10-7-16(8-11-21)23-18-6-4-3-5-15(18)13-19(23)24/h4-7,17-18H,8-15H2,1-3H3;3-6,16-17H,2,7-14H2,1H3/t18-;17-/m00/s1. The number of fused-ring (bicyclic) bond motifs is 2. The highest BCUT2D eigenvalue weighted by Gasteiger charge is 2.40. The van der Waals surface area contributed by atoms with Gasteiger partial charge >= 0.3 is 12.2 Å². The SMILES string of the molecule is CC(C)(C)OC(=O)N1CC[C@H](N2CCC(N3C(=O)Cc4ccccc43)CC2)C1.CCOC(=O)N1CC[C@H](N2CCC(N3C(=O)Cc4ccccc43)CC2)C1. The summed E-state index contributed by atoms with van der Waals surface area (Å²) < 4.78 is 10.6. The highest BCUT2D eigenvalue weighted by molar-refractivity contribution is 6.02. The molecule has 292 valence electrons. The molecule has 0 radical (unpaired) electrons. The van der Waals surface area contributed by atoms with Crippen LogP contribution >= 0.6 is 0 Å². The van der Waals surface area contributed by atoms with Gasteiger partial charge in [0.25, 0.3) is 0 Å². The van der Waals surface area contributed by atoms with Crippen molar-refractivity contribution < 1.29 is 28.7 Å². The molecule has 54 heavy (non-hydrogen) atoms. The predicted octanol–water partition coefficient (Wildman–Crippen LogP) is 5.32. The molecular weight excluding hydrogens is 684 g/mol. The van der Waals surface area contributed by atoms with E-state index in [9.17, 15) is 19.2 Å². The van der Waals surface area contributed by atoms with Crippen LogP contribution in [0.4, 0.5) is 21.0 Å². The topological polar surface area (TPSA) is 106 Å². The Labute approximate surface area is 320 Å². The van der Waals surface area contributed by atoms with E-state index < -0.39 is 5.60 Å². The average Bonchev–Trinajstić information content (AvgIpc) is 3.96. The van der Waals surface area contributed by atoms with Gasteiger partial charge in [0.1, 0.15) is 5.60 Å². The lowest BCUT2D eigenvalue weighted by Crippen LogP contribution is -2.50. The molecule has 0 spiro atoms. The summed E-state index contributed by atoms with van der Waals surface area (Å²) in [7, 11) is 0. The van der Waals surface area contributed by atoms with E-state index in [0.717, 1.165) is 113 Å². The summed E-state index contributed by atoms with van der Waals surface area (Å²) in [5, 5.41) is 0. The Morgan fingerprint density at radius 2 is 1.02 bits per heavy atom. The minimum absolute atomic E-state index is 0.191. The molecule has 6 aliphatic rings. The largest absolute Gasteiger partial charge is 0.450 e. The molecule has 4 amide bonds. The van der Waals surface area contributed by atoms with Crippen LogP contribution < -0.4 is 9.80 Å². The van der Waals surface area contributed by atoms with Crippen molar-refractivity contribution in [2.45, 2.75) is 109 Å². The van der Waals surface area contributed by atoms with Gasteiger partial charge < -0.3 is 29.1 Å². The first kappa shape index (κ1) is 38.1. The maximum Gasteiger partial charge on any atom is 0.410 e. The lowest BCUT2D eigenvalue weighted by atomic mass is 10.0. The van der Waals surface area contributed by atoms with Crippen molar-refractivity contribution in [3.05, 3.63) is 59.7 Å². The Hall–Kier alpha value is -4.16. The Morgan fingerprint density at radius 3 is 1.44 bits per heavy atom. The molecule has 0 bridgehead atoms. The van der Waals surface area contributed by atoms with Crippen LogP contribution in [0.3, 0.4) is 0 Å². The number of hydrogen-bond acceptors (Lipinski definition) is 8. The predicted molar refractivity (Wildman–Crippen MR) is 208 cm³/mol. The van der Waals surface area contributed by atoms with Crippen LogP contribution in [-0.2, 0) is 31.9 Å². The normalized spacial score (nSPS) is 24.1. The van der Waals surface area contributed by atoms with Crippen LogP contribution in [0.1, 0.15) is 77.3 Å². The molecule has 2 aromatic rings. The number of amides is 4. The summed E-state index contributed by atoms with van der Waals surface area (Å²) in [6.45, 7) is 14.9. The van der Waals surface area contributed by atoms with Crippen LogP contribution in [0.15, 0.2) is 48.5 Å². The number of ether oxygens (including phenoxy) is 2. The summed E-state index contributed by atoms with van der Waals surface area (Å²) in [5.41, 5.74) is 4.05. The molecule has 2 aromatic carbocycles. The summed E-state index contributed by atoms with van der Waals surface area (Å²) >= 11 is 0. The van der Waals surface area contributed by atoms with Crippen LogP contribution in [0.2, 0.25) is 0 Å². The van der Waals surface area contributed by atoms with Gasteiger partial charge in [0.15, 0.2) is 0 Å². The molecule has 4 fully saturated rings. The zero-order valence-electron chi connectivity index (χ0n) is 32.6. The second-order valence-corrected chi connectivity index (χ2v) is 16.6. The van der Waals surface area contributed by atoms with Crippen LogP contribution in [-0.4, -0.2) is 132 Å². The first-order valence-corrected chi connectivity index (χ1v) is 20.2. The van der Waals surface area contributed by atoms with Crippen molar-refractivity contribution in [3.63, 3.8) is 0 Å². The van der Waals surface area contributed by atoms with E-state index in [1.807, 2.05) is 71.6 Å². The third kappa shape index (κ3) is 8.39. The lowest BCUT2D eigenvalue weighted by molar-refractivity contribution is -0.118. The number of piperidine rings is 2. The van der Waals surface area contributed by atoms with Gasteiger partial charge in [-0.1, -0.05) is 36.4 Å². The number of rotatable bonds is 5. The monoisotopic (exact) mass is 742 g/mol. The second-order valence-electron chi connectivity index (χ2n) is 16.6. The van der Waals surface area contributed by atoms with E-state index in [0.29, 0.717) is 37.6 Å². The maximum absolute atomic E-state index is 12.6. The van der Waals surface area contributed by atoms with Crippen molar-refractivity contribution >= 4 is 35.4 Å². The van der Waals surface area contributed by atoms with E-state index in [4.69, 9.17) is 9.47 Å². The molecule has 6 aliphatic heterocycles. The highest BCUT2D eigenvalue weighted by atomic mass is 16.6. The number of nitrogens with zero attached hydrogens (tertiary/aromatic N) is 6. The minimum Gasteiger partial charge on any atom is -0.450 e. The van der Waals surface area contributed by atoms with Crippen molar-refractivity contribution in [1.29, 1.82) is 0 Å². The number of carbonyl (C=O) groups excluding carboxylic acids is 4. The fraction of sp³-hybridized carbons (Fsp3) is 0.619. The van der Waals surface area contributed by atoms with Gasteiger partial charge in [0.05, 0.1) is 19.4 Å².